The molecule has 132 valence electrons. The summed E-state index contributed by atoms with van der Waals surface area (Å²) >= 11 is 0. The quantitative estimate of drug-likeness (QED) is 0.924. The van der Waals surface area contributed by atoms with Gasteiger partial charge in [0.15, 0.2) is 11.6 Å². The van der Waals surface area contributed by atoms with Crippen molar-refractivity contribution in [3.8, 4) is 11.3 Å². The molecule has 3 heterocycles. The summed E-state index contributed by atoms with van der Waals surface area (Å²) in [4.78, 5) is 7.81. The molecule has 0 amide bonds. The van der Waals surface area contributed by atoms with Crippen LogP contribution in [0, 0.1) is 11.6 Å². The van der Waals surface area contributed by atoms with Crippen molar-refractivity contribution in [2.75, 3.05) is 13.1 Å². The molecular weight excluding hydrogens is 326 g/mol. The van der Waals surface area contributed by atoms with Crippen LogP contribution >= 0.6 is 0 Å². The van der Waals surface area contributed by atoms with Crippen molar-refractivity contribution in [1.82, 2.24) is 15.1 Å². The van der Waals surface area contributed by atoms with Crippen LogP contribution in [0.3, 0.4) is 0 Å². The van der Waals surface area contributed by atoms with E-state index in [2.05, 4.69) is 27.2 Å². The molecule has 2 aliphatic heterocycles. The Morgan fingerprint density at radius 3 is 2.96 bits per heavy atom. The first-order valence-electron chi connectivity index (χ1n) is 8.59. The Balaban J connectivity index is 1.51. The fourth-order valence-corrected chi connectivity index (χ4v) is 3.47. The minimum absolute atomic E-state index is 0.0927. The third-order valence-electron chi connectivity index (χ3n) is 4.87. The van der Waals surface area contributed by atoms with Gasteiger partial charge in [-0.25, -0.2) is 8.78 Å². The van der Waals surface area contributed by atoms with E-state index in [1.54, 1.807) is 6.07 Å². The van der Waals surface area contributed by atoms with Crippen LogP contribution in [0.2, 0.25) is 0 Å². The molecule has 2 aliphatic rings. The largest absolute Gasteiger partial charge is 0.391 e. The molecule has 0 bridgehead atoms. The Hall–Kier alpha value is -2.28. The fraction of sp³-hybridized carbons (Fsp3) is 0.444. The minimum Gasteiger partial charge on any atom is -0.391 e. The fourth-order valence-electron chi connectivity index (χ4n) is 3.47. The van der Waals surface area contributed by atoms with Gasteiger partial charge >= 0.3 is 0 Å². The molecule has 0 saturated carbocycles. The number of aromatic nitrogens is 2. The molecule has 1 N–H and O–H groups in total. The van der Waals surface area contributed by atoms with Crippen LogP contribution in [-0.4, -0.2) is 40.0 Å². The summed E-state index contributed by atoms with van der Waals surface area (Å²) < 4.78 is 26.8. The highest BCUT2D eigenvalue weighted by Gasteiger charge is 2.27. The molecule has 25 heavy (non-hydrogen) atoms. The van der Waals surface area contributed by atoms with Crippen LogP contribution in [0.5, 0.6) is 0 Å². The van der Waals surface area contributed by atoms with Crippen molar-refractivity contribution in [3.05, 3.63) is 41.1 Å². The topological polar surface area (TPSA) is 53.5 Å². The predicted octanol–water partition coefficient (Wildman–Crippen LogP) is 3.27. The Labute approximate surface area is 144 Å². The van der Waals surface area contributed by atoms with Crippen molar-refractivity contribution < 1.29 is 13.6 Å². The molecule has 1 atom stereocenters. The lowest BCUT2D eigenvalue weighted by molar-refractivity contribution is 0.0488. The number of aromatic amines is 1. The van der Waals surface area contributed by atoms with Gasteiger partial charge in [-0.3, -0.25) is 10.00 Å². The zero-order chi connectivity index (χ0) is 17.4. The summed E-state index contributed by atoms with van der Waals surface area (Å²) in [5.41, 5.74) is 4.50. The highest BCUT2D eigenvalue weighted by Crippen LogP contribution is 2.29. The zero-order valence-corrected chi connectivity index (χ0v) is 14.1. The molecule has 0 radical (unpaired) electrons. The molecule has 1 aromatic heterocycles. The SMILES string of the molecule is CCC1=NO[C@H](CN2CCc3[nH]nc(-c4ccc(F)c(F)c4)c3C2)C1. The van der Waals surface area contributed by atoms with E-state index in [9.17, 15) is 8.78 Å². The lowest BCUT2D eigenvalue weighted by Gasteiger charge is -2.28. The van der Waals surface area contributed by atoms with Gasteiger partial charge in [-0.2, -0.15) is 5.10 Å². The third-order valence-corrected chi connectivity index (χ3v) is 4.87. The summed E-state index contributed by atoms with van der Waals surface area (Å²) in [7, 11) is 0. The van der Waals surface area contributed by atoms with Crippen LogP contribution in [-0.2, 0) is 17.8 Å². The average Bonchev–Trinajstić information content (AvgIpc) is 3.24. The van der Waals surface area contributed by atoms with Crippen molar-refractivity contribution >= 4 is 5.71 Å². The lowest BCUT2D eigenvalue weighted by Crippen LogP contribution is -2.36. The van der Waals surface area contributed by atoms with Gasteiger partial charge in [0, 0.05) is 49.3 Å². The Bertz CT molecular complexity index is 817. The van der Waals surface area contributed by atoms with Gasteiger partial charge in [0.05, 0.1) is 11.4 Å². The van der Waals surface area contributed by atoms with E-state index in [0.29, 0.717) is 17.8 Å². The molecule has 5 nitrogen and oxygen atoms in total. The molecule has 2 aromatic rings. The van der Waals surface area contributed by atoms with Crippen LogP contribution in [0.15, 0.2) is 23.4 Å². The number of fused-ring (bicyclic) bond motifs is 1. The summed E-state index contributed by atoms with van der Waals surface area (Å²) in [5.74, 6) is -1.70. The summed E-state index contributed by atoms with van der Waals surface area (Å²) in [5, 5.41) is 11.5. The van der Waals surface area contributed by atoms with Crippen LogP contribution in [0.25, 0.3) is 11.3 Å². The number of benzene rings is 1. The molecule has 0 fully saturated rings. The molecule has 0 saturated heterocycles. The van der Waals surface area contributed by atoms with Gasteiger partial charge in [0.25, 0.3) is 0 Å². The van der Waals surface area contributed by atoms with Crippen molar-refractivity contribution in [1.29, 1.82) is 0 Å². The molecule has 0 unspecified atom stereocenters. The molecule has 7 heteroatoms. The van der Waals surface area contributed by atoms with E-state index in [1.807, 2.05) is 0 Å². The second-order valence-electron chi connectivity index (χ2n) is 6.59. The second-order valence-corrected chi connectivity index (χ2v) is 6.59. The van der Waals surface area contributed by atoms with Crippen LogP contribution in [0.1, 0.15) is 31.0 Å². The first-order chi connectivity index (χ1) is 12.1. The van der Waals surface area contributed by atoms with E-state index in [-0.39, 0.29) is 6.10 Å². The highest BCUT2D eigenvalue weighted by atomic mass is 19.2. The number of nitrogens with zero attached hydrogens (tertiary/aromatic N) is 3. The maximum atomic E-state index is 13.6. The third kappa shape index (κ3) is 3.16. The van der Waals surface area contributed by atoms with Gasteiger partial charge in [0.1, 0.15) is 6.10 Å². The van der Waals surface area contributed by atoms with Gasteiger partial charge in [-0.1, -0.05) is 12.1 Å². The van der Waals surface area contributed by atoms with E-state index in [4.69, 9.17) is 4.84 Å². The van der Waals surface area contributed by atoms with E-state index in [1.165, 1.54) is 6.07 Å². The van der Waals surface area contributed by atoms with Crippen molar-refractivity contribution in [2.24, 2.45) is 5.16 Å². The van der Waals surface area contributed by atoms with Gasteiger partial charge in [-0.15, -0.1) is 0 Å². The number of hydrogen-bond acceptors (Lipinski definition) is 4. The molecule has 0 aliphatic carbocycles. The average molecular weight is 346 g/mol. The first-order valence-corrected chi connectivity index (χ1v) is 8.59. The first kappa shape index (κ1) is 16.2. The van der Waals surface area contributed by atoms with E-state index < -0.39 is 11.6 Å². The summed E-state index contributed by atoms with van der Waals surface area (Å²) in [6.45, 7) is 4.50. The smallest absolute Gasteiger partial charge is 0.159 e. The van der Waals surface area contributed by atoms with Crippen LogP contribution in [0.4, 0.5) is 8.78 Å². The highest BCUT2D eigenvalue weighted by molar-refractivity contribution is 5.85. The number of hydrogen-bond donors (Lipinski definition) is 1. The number of nitrogens with one attached hydrogen (secondary N) is 1. The summed E-state index contributed by atoms with van der Waals surface area (Å²) in [6.07, 6.45) is 2.74. The number of H-pyrrole nitrogens is 1. The zero-order valence-electron chi connectivity index (χ0n) is 14.1. The predicted molar refractivity (Wildman–Crippen MR) is 90.1 cm³/mol. The van der Waals surface area contributed by atoms with Gasteiger partial charge in [-0.05, 0) is 24.6 Å². The van der Waals surface area contributed by atoms with Crippen LogP contribution < -0.4 is 0 Å². The van der Waals surface area contributed by atoms with Gasteiger partial charge < -0.3 is 4.84 Å². The summed E-state index contributed by atoms with van der Waals surface area (Å²) in [6, 6.07) is 3.91. The van der Waals surface area contributed by atoms with E-state index >= 15 is 0 Å². The normalized spacial score (nSPS) is 20.3. The van der Waals surface area contributed by atoms with Crippen molar-refractivity contribution in [3.63, 3.8) is 0 Å². The minimum atomic E-state index is -0.856. The number of halogens is 2. The monoisotopic (exact) mass is 346 g/mol. The number of rotatable bonds is 4. The molecule has 1 aromatic carbocycles. The lowest BCUT2D eigenvalue weighted by atomic mass is 10.00. The number of oxime groups is 1. The standard InChI is InChI=1S/C18H20F2N4O/c1-2-12-8-13(25-23-12)9-24-6-5-17-14(10-24)18(22-21-17)11-3-4-15(19)16(20)7-11/h3-4,7,13H,2,5-6,8-10H2,1H3,(H,21,22)/t13-/m0/s1. The Morgan fingerprint density at radius 1 is 1.32 bits per heavy atom. The molecular formula is C18H20F2N4O. The van der Waals surface area contributed by atoms with Gasteiger partial charge in [0.2, 0.25) is 0 Å². The van der Waals surface area contributed by atoms with Crippen molar-refractivity contribution in [2.45, 2.75) is 38.8 Å². The maximum Gasteiger partial charge on any atom is 0.159 e. The Morgan fingerprint density at radius 2 is 2.20 bits per heavy atom. The second kappa shape index (κ2) is 6.55. The Kier molecular flexibility index (Phi) is 4.25. The van der Waals surface area contributed by atoms with E-state index in [0.717, 1.165) is 55.4 Å². The maximum absolute atomic E-state index is 13.6. The molecule has 0 spiro atoms. The molecule has 4 rings (SSSR count).